The molecule has 0 aliphatic carbocycles. The van der Waals surface area contributed by atoms with E-state index >= 15 is 0 Å². The Kier molecular flexibility index (Phi) is 1.50. The molecule has 0 aliphatic rings. The quantitative estimate of drug-likeness (QED) is 0.588. The molecule has 0 saturated carbocycles. The Morgan fingerprint density at radius 3 is 2.30 bits per heavy atom. The molecular weight excluding hydrogens is 131 g/mol. The monoisotopic (exact) mass is 142 g/mol. The molecule has 0 atom stereocenters. The van der Waals surface area contributed by atoms with E-state index in [1.54, 1.807) is 6.20 Å². The van der Waals surface area contributed by atoms with Crippen LogP contribution in [0.15, 0.2) is 6.20 Å². The molecule has 0 saturated heterocycles. The summed E-state index contributed by atoms with van der Waals surface area (Å²) in [6.07, 6.45) is 1.59. The zero-order valence-corrected chi connectivity index (χ0v) is 6.40. The Hall–Kier alpha value is -0.860. The third kappa shape index (κ3) is 1.17. The minimum absolute atomic E-state index is 0.156. The molecule has 1 aromatic rings. The number of H-pyrrole nitrogens is 1. The van der Waals surface area contributed by atoms with Crippen LogP contribution in [0, 0.1) is 5.95 Å². The molecule has 56 valence electrons. The van der Waals surface area contributed by atoms with Crippen molar-refractivity contribution < 1.29 is 4.39 Å². The van der Waals surface area contributed by atoms with Gasteiger partial charge in [-0.25, -0.2) is 0 Å². The zero-order valence-electron chi connectivity index (χ0n) is 6.40. The molecule has 0 aromatic carbocycles. The Morgan fingerprint density at radius 1 is 1.50 bits per heavy atom. The largest absolute Gasteiger partial charge is 0.282 e. The summed E-state index contributed by atoms with van der Waals surface area (Å²) in [6.45, 7) is 5.84. The number of nitrogens with zero attached hydrogens (tertiary/aromatic N) is 1. The van der Waals surface area contributed by atoms with Gasteiger partial charge in [-0.1, -0.05) is 20.8 Å². The van der Waals surface area contributed by atoms with Crippen LogP contribution in [0.5, 0.6) is 0 Å². The number of hydrogen-bond donors (Lipinski definition) is 1. The van der Waals surface area contributed by atoms with Crippen LogP contribution >= 0.6 is 0 Å². The van der Waals surface area contributed by atoms with Gasteiger partial charge in [0.25, 0.3) is 0 Å². The van der Waals surface area contributed by atoms with Crippen molar-refractivity contribution in [2.75, 3.05) is 0 Å². The SMILES string of the molecule is CC(C)(C)c1c[nH]nc1F. The van der Waals surface area contributed by atoms with Gasteiger partial charge < -0.3 is 0 Å². The van der Waals surface area contributed by atoms with Crippen molar-refractivity contribution in [3.8, 4) is 0 Å². The molecule has 0 bridgehead atoms. The molecular formula is C7H11FN2. The van der Waals surface area contributed by atoms with Gasteiger partial charge in [0.15, 0.2) is 0 Å². The van der Waals surface area contributed by atoms with Crippen LogP contribution in [0.4, 0.5) is 4.39 Å². The smallest absolute Gasteiger partial charge is 0.236 e. The second-order valence-corrected chi connectivity index (χ2v) is 3.34. The first-order valence-electron chi connectivity index (χ1n) is 3.21. The van der Waals surface area contributed by atoms with Gasteiger partial charge in [-0.15, -0.1) is 5.10 Å². The third-order valence-corrected chi connectivity index (χ3v) is 1.40. The van der Waals surface area contributed by atoms with Gasteiger partial charge >= 0.3 is 0 Å². The second kappa shape index (κ2) is 2.08. The molecule has 1 rings (SSSR count). The van der Waals surface area contributed by atoms with Crippen LogP contribution in [-0.2, 0) is 5.41 Å². The average molecular weight is 142 g/mol. The molecule has 0 aliphatic heterocycles. The summed E-state index contributed by atoms with van der Waals surface area (Å²) in [5.41, 5.74) is 0.476. The van der Waals surface area contributed by atoms with Gasteiger partial charge in [-0.3, -0.25) is 5.10 Å². The number of rotatable bonds is 0. The van der Waals surface area contributed by atoms with Crippen LogP contribution in [0.2, 0.25) is 0 Å². The Bertz CT molecular complexity index is 222. The lowest BCUT2D eigenvalue weighted by Crippen LogP contribution is -2.11. The van der Waals surface area contributed by atoms with E-state index in [0.717, 1.165) is 0 Å². The highest BCUT2D eigenvalue weighted by atomic mass is 19.1. The number of aromatic nitrogens is 2. The predicted octanol–water partition coefficient (Wildman–Crippen LogP) is 1.85. The Labute approximate surface area is 59.5 Å². The maximum atomic E-state index is 12.7. The predicted molar refractivity (Wildman–Crippen MR) is 37.2 cm³/mol. The highest BCUT2D eigenvalue weighted by Gasteiger charge is 2.19. The normalized spacial score (nSPS) is 12.0. The van der Waals surface area contributed by atoms with E-state index in [2.05, 4.69) is 10.2 Å². The van der Waals surface area contributed by atoms with Crippen LogP contribution in [0.1, 0.15) is 26.3 Å². The summed E-state index contributed by atoms with van der Waals surface area (Å²) in [6, 6.07) is 0. The molecule has 0 amide bonds. The highest BCUT2D eigenvalue weighted by molar-refractivity contribution is 5.15. The lowest BCUT2D eigenvalue weighted by molar-refractivity contribution is 0.507. The standard InChI is InChI=1S/C7H11FN2/c1-7(2,3)5-4-9-10-6(5)8/h4H,1-3H3,(H,9,10). The number of hydrogen-bond acceptors (Lipinski definition) is 1. The fourth-order valence-electron chi connectivity index (χ4n) is 0.799. The van der Waals surface area contributed by atoms with E-state index in [1.165, 1.54) is 0 Å². The van der Waals surface area contributed by atoms with E-state index in [-0.39, 0.29) is 5.41 Å². The summed E-state index contributed by atoms with van der Waals surface area (Å²) in [7, 11) is 0. The Morgan fingerprint density at radius 2 is 2.10 bits per heavy atom. The van der Waals surface area contributed by atoms with Gasteiger partial charge in [0.05, 0.1) is 0 Å². The fraction of sp³-hybridized carbons (Fsp3) is 0.571. The number of nitrogens with one attached hydrogen (secondary N) is 1. The van der Waals surface area contributed by atoms with Crippen molar-refractivity contribution in [2.24, 2.45) is 0 Å². The molecule has 2 nitrogen and oxygen atoms in total. The number of halogens is 1. The molecule has 0 unspecified atom stereocenters. The van der Waals surface area contributed by atoms with Gasteiger partial charge in [-0.05, 0) is 5.41 Å². The summed E-state index contributed by atoms with van der Waals surface area (Å²) in [4.78, 5) is 0. The lowest BCUT2D eigenvalue weighted by atomic mass is 9.89. The first-order valence-corrected chi connectivity index (χ1v) is 3.21. The van der Waals surface area contributed by atoms with Crippen LogP contribution in [0.3, 0.4) is 0 Å². The van der Waals surface area contributed by atoms with Crippen LogP contribution in [0.25, 0.3) is 0 Å². The van der Waals surface area contributed by atoms with Gasteiger partial charge in [-0.2, -0.15) is 4.39 Å². The summed E-state index contributed by atoms with van der Waals surface area (Å²) in [5, 5.41) is 5.87. The van der Waals surface area contributed by atoms with E-state index in [1.807, 2.05) is 20.8 Å². The molecule has 1 N–H and O–H groups in total. The Balaban J connectivity index is 3.05. The van der Waals surface area contributed by atoms with Crippen LogP contribution in [-0.4, -0.2) is 10.2 Å². The van der Waals surface area contributed by atoms with E-state index < -0.39 is 5.95 Å². The van der Waals surface area contributed by atoms with Crippen molar-refractivity contribution in [2.45, 2.75) is 26.2 Å². The minimum atomic E-state index is -0.396. The van der Waals surface area contributed by atoms with Gasteiger partial charge in [0.2, 0.25) is 5.95 Å². The molecule has 3 heteroatoms. The van der Waals surface area contributed by atoms with Gasteiger partial charge in [0, 0.05) is 11.8 Å². The topological polar surface area (TPSA) is 28.7 Å². The lowest BCUT2D eigenvalue weighted by Gasteiger charge is -2.14. The summed E-state index contributed by atoms with van der Waals surface area (Å²) in [5.74, 6) is -0.396. The maximum absolute atomic E-state index is 12.7. The van der Waals surface area contributed by atoms with Crippen molar-refractivity contribution in [1.29, 1.82) is 0 Å². The molecule has 0 spiro atoms. The van der Waals surface area contributed by atoms with E-state index in [0.29, 0.717) is 5.56 Å². The first kappa shape index (κ1) is 7.25. The highest BCUT2D eigenvalue weighted by Crippen LogP contribution is 2.22. The average Bonchev–Trinajstić information content (AvgIpc) is 2.11. The molecule has 1 heterocycles. The summed E-state index contributed by atoms with van der Waals surface area (Å²) >= 11 is 0. The second-order valence-electron chi connectivity index (χ2n) is 3.34. The van der Waals surface area contributed by atoms with Gasteiger partial charge in [0.1, 0.15) is 0 Å². The first-order chi connectivity index (χ1) is 4.52. The molecule has 0 radical (unpaired) electrons. The third-order valence-electron chi connectivity index (χ3n) is 1.40. The van der Waals surface area contributed by atoms with Crippen molar-refractivity contribution in [3.05, 3.63) is 17.7 Å². The van der Waals surface area contributed by atoms with E-state index in [4.69, 9.17) is 0 Å². The fourth-order valence-corrected chi connectivity index (χ4v) is 0.799. The molecule has 1 aromatic heterocycles. The van der Waals surface area contributed by atoms with Crippen molar-refractivity contribution >= 4 is 0 Å². The minimum Gasteiger partial charge on any atom is -0.282 e. The molecule has 10 heavy (non-hydrogen) atoms. The van der Waals surface area contributed by atoms with Crippen molar-refractivity contribution in [3.63, 3.8) is 0 Å². The summed E-state index contributed by atoms with van der Waals surface area (Å²) < 4.78 is 12.7. The maximum Gasteiger partial charge on any atom is 0.236 e. The molecule has 0 fully saturated rings. The zero-order chi connectivity index (χ0) is 7.78. The van der Waals surface area contributed by atoms with Crippen molar-refractivity contribution in [1.82, 2.24) is 10.2 Å². The van der Waals surface area contributed by atoms with Crippen LogP contribution < -0.4 is 0 Å². The number of aromatic amines is 1. The van der Waals surface area contributed by atoms with E-state index in [9.17, 15) is 4.39 Å².